The van der Waals surface area contributed by atoms with E-state index in [1.165, 1.54) is 7.11 Å². The molecule has 6 heteroatoms. The molecule has 0 N–H and O–H groups in total. The number of rotatable bonds is 9. The van der Waals surface area contributed by atoms with Crippen LogP contribution in [0.15, 0.2) is 36.4 Å². The third-order valence-electron chi connectivity index (χ3n) is 4.08. The third kappa shape index (κ3) is 4.26. The summed E-state index contributed by atoms with van der Waals surface area (Å²) >= 11 is 0. The molecule has 0 bridgehead atoms. The Labute approximate surface area is 153 Å². The van der Waals surface area contributed by atoms with Gasteiger partial charge in [-0.2, -0.15) is 0 Å². The lowest BCUT2D eigenvalue weighted by Crippen LogP contribution is -2.11. The van der Waals surface area contributed by atoms with Crippen LogP contribution < -0.4 is 18.9 Å². The lowest BCUT2D eigenvalue weighted by molar-refractivity contribution is 0.0510. The Kier molecular flexibility index (Phi) is 6.86. The van der Waals surface area contributed by atoms with E-state index in [1.807, 2.05) is 19.1 Å². The second kappa shape index (κ2) is 9.10. The van der Waals surface area contributed by atoms with Crippen molar-refractivity contribution in [3.63, 3.8) is 0 Å². The number of hydrogen-bond acceptors (Lipinski definition) is 6. The van der Waals surface area contributed by atoms with Crippen molar-refractivity contribution in [2.75, 3.05) is 35.2 Å². The van der Waals surface area contributed by atoms with Crippen molar-refractivity contribution in [1.82, 2.24) is 0 Å². The molecule has 2 aromatic carbocycles. The molecule has 1 atom stereocenters. The Morgan fingerprint density at radius 2 is 1.58 bits per heavy atom. The fourth-order valence-electron chi connectivity index (χ4n) is 2.60. The molecule has 140 valence electrons. The fraction of sp³-hybridized carbons (Fsp3) is 0.350. The summed E-state index contributed by atoms with van der Waals surface area (Å²) in [5.74, 6) is 1.78. The van der Waals surface area contributed by atoms with Crippen LogP contribution in [0.4, 0.5) is 0 Å². The van der Waals surface area contributed by atoms with E-state index in [9.17, 15) is 4.79 Å². The lowest BCUT2D eigenvalue weighted by atomic mass is 9.91. The van der Waals surface area contributed by atoms with E-state index in [0.717, 1.165) is 5.56 Å². The normalized spacial score (nSPS) is 11.6. The van der Waals surface area contributed by atoms with Crippen LogP contribution in [0, 0.1) is 0 Å². The van der Waals surface area contributed by atoms with Crippen LogP contribution in [-0.2, 0) is 4.74 Å². The van der Waals surface area contributed by atoms with Gasteiger partial charge in [0.05, 0.1) is 26.9 Å². The van der Waals surface area contributed by atoms with Gasteiger partial charge < -0.3 is 23.7 Å². The molecule has 0 aliphatic carbocycles. The van der Waals surface area contributed by atoms with E-state index in [-0.39, 0.29) is 18.5 Å². The summed E-state index contributed by atoms with van der Waals surface area (Å²) in [6, 6.07) is 10.5. The Bertz CT molecular complexity index is 756. The zero-order chi connectivity index (χ0) is 19.1. The van der Waals surface area contributed by atoms with Crippen LogP contribution in [0.3, 0.4) is 0 Å². The first-order chi connectivity index (χ1) is 12.5. The van der Waals surface area contributed by atoms with Gasteiger partial charge in [0.1, 0.15) is 11.5 Å². The molecule has 26 heavy (non-hydrogen) atoms. The number of methoxy groups -OCH3 is 4. The van der Waals surface area contributed by atoms with E-state index in [4.69, 9.17) is 23.7 Å². The van der Waals surface area contributed by atoms with Crippen molar-refractivity contribution < 1.29 is 28.5 Å². The van der Waals surface area contributed by atoms with Crippen LogP contribution in [0.5, 0.6) is 23.0 Å². The zero-order valence-electron chi connectivity index (χ0n) is 15.7. The molecule has 1 unspecified atom stereocenters. The number of ketones is 1. The van der Waals surface area contributed by atoms with Crippen molar-refractivity contribution in [1.29, 1.82) is 0 Å². The van der Waals surface area contributed by atoms with Gasteiger partial charge >= 0.3 is 0 Å². The number of Topliss-reactive ketones (excluding diaryl/α,β-unsaturated/α-hetero) is 1. The summed E-state index contributed by atoms with van der Waals surface area (Å²) in [6.45, 7) is 1.97. The van der Waals surface area contributed by atoms with Crippen molar-refractivity contribution in [2.24, 2.45) is 0 Å². The monoisotopic (exact) mass is 360 g/mol. The molecule has 0 aromatic heterocycles. The highest BCUT2D eigenvalue weighted by Crippen LogP contribution is 2.34. The second-order valence-electron chi connectivity index (χ2n) is 5.61. The third-order valence-corrected chi connectivity index (χ3v) is 4.08. The quantitative estimate of drug-likeness (QED) is 0.502. The van der Waals surface area contributed by atoms with E-state index in [2.05, 4.69) is 0 Å². The SMILES string of the molecule is COCOc1ccc(C(=O)C(C)c2ccc(OC)c(OC)c2)c(OC)c1. The van der Waals surface area contributed by atoms with Gasteiger partial charge in [0.2, 0.25) is 0 Å². The Balaban J connectivity index is 2.30. The highest BCUT2D eigenvalue weighted by molar-refractivity contribution is 6.03. The molecule has 0 saturated carbocycles. The van der Waals surface area contributed by atoms with E-state index in [0.29, 0.717) is 28.6 Å². The predicted molar refractivity (Wildman–Crippen MR) is 97.8 cm³/mol. The Morgan fingerprint density at radius 3 is 2.19 bits per heavy atom. The summed E-state index contributed by atoms with van der Waals surface area (Å²) in [6.07, 6.45) is 0. The van der Waals surface area contributed by atoms with Gasteiger partial charge in [-0.1, -0.05) is 13.0 Å². The number of carbonyl (C=O) groups excluding carboxylic acids is 1. The van der Waals surface area contributed by atoms with Crippen LogP contribution in [-0.4, -0.2) is 41.0 Å². The molecule has 2 rings (SSSR count). The molecule has 0 spiro atoms. The van der Waals surface area contributed by atoms with Crippen molar-refractivity contribution in [3.05, 3.63) is 47.5 Å². The van der Waals surface area contributed by atoms with E-state index < -0.39 is 0 Å². The molecule has 0 amide bonds. The average Bonchev–Trinajstić information content (AvgIpc) is 2.70. The van der Waals surface area contributed by atoms with Gasteiger partial charge in [-0.05, 0) is 29.8 Å². The lowest BCUT2D eigenvalue weighted by Gasteiger charge is -2.16. The fourth-order valence-corrected chi connectivity index (χ4v) is 2.60. The number of ether oxygens (including phenoxy) is 5. The molecule has 0 fully saturated rings. The summed E-state index contributed by atoms with van der Waals surface area (Å²) in [5.41, 5.74) is 1.31. The first-order valence-electron chi connectivity index (χ1n) is 8.11. The molecular formula is C20H24O6. The highest BCUT2D eigenvalue weighted by Gasteiger charge is 2.22. The maximum Gasteiger partial charge on any atom is 0.188 e. The van der Waals surface area contributed by atoms with Crippen LogP contribution >= 0.6 is 0 Å². The van der Waals surface area contributed by atoms with Gasteiger partial charge in [0, 0.05) is 19.1 Å². The summed E-state index contributed by atoms with van der Waals surface area (Å²) < 4.78 is 26.2. The topological polar surface area (TPSA) is 63.2 Å². The van der Waals surface area contributed by atoms with Gasteiger partial charge in [0.15, 0.2) is 24.1 Å². The molecular weight excluding hydrogens is 336 g/mol. The largest absolute Gasteiger partial charge is 0.496 e. The van der Waals surface area contributed by atoms with Gasteiger partial charge in [-0.3, -0.25) is 4.79 Å². The summed E-state index contributed by atoms with van der Waals surface area (Å²) in [7, 11) is 6.20. The smallest absolute Gasteiger partial charge is 0.188 e. The van der Waals surface area contributed by atoms with Crippen LogP contribution in [0.2, 0.25) is 0 Å². The number of carbonyl (C=O) groups is 1. The minimum absolute atomic E-state index is 0.0626. The standard InChI is InChI=1S/C20H24O6/c1-13(14-6-9-17(23-3)19(10-14)25-5)20(21)16-8-7-15(26-12-22-2)11-18(16)24-4/h6-11,13H,12H2,1-5H3. The van der Waals surface area contributed by atoms with Gasteiger partial charge in [-0.15, -0.1) is 0 Å². The van der Waals surface area contributed by atoms with Crippen molar-refractivity contribution >= 4 is 5.78 Å². The molecule has 0 saturated heterocycles. The van der Waals surface area contributed by atoms with Crippen molar-refractivity contribution in [3.8, 4) is 23.0 Å². The minimum atomic E-state index is -0.380. The van der Waals surface area contributed by atoms with E-state index in [1.54, 1.807) is 45.6 Å². The summed E-state index contributed by atoms with van der Waals surface area (Å²) in [4.78, 5) is 13.0. The second-order valence-corrected chi connectivity index (χ2v) is 5.61. The molecule has 0 radical (unpaired) electrons. The first kappa shape index (κ1) is 19.6. The molecule has 2 aromatic rings. The Hall–Kier alpha value is -2.73. The van der Waals surface area contributed by atoms with Crippen LogP contribution in [0.25, 0.3) is 0 Å². The van der Waals surface area contributed by atoms with E-state index >= 15 is 0 Å². The Morgan fingerprint density at radius 1 is 0.885 bits per heavy atom. The molecule has 0 heterocycles. The molecule has 0 aliphatic heterocycles. The first-order valence-corrected chi connectivity index (χ1v) is 8.11. The average molecular weight is 360 g/mol. The minimum Gasteiger partial charge on any atom is -0.496 e. The summed E-state index contributed by atoms with van der Waals surface area (Å²) in [5, 5.41) is 0. The number of hydrogen-bond donors (Lipinski definition) is 0. The maximum absolute atomic E-state index is 13.0. The highest BCUT2D eigenvalue weighted by atomic mass is 16.7. The van der Waals surface area contributed by atoms with Crippen molar-refractivity contribution in [2.45, 2.75) is 12.8 Å². The van der Waals surface area contributed by atoms with Crippen LogP contribution in [0.1, 0.15) is 28.8 Å². The molecule has 0 aliphatic rings. The molecule has 6 nitrogen and oxygen atoms in total. The maximum atomic E-state index is 13.0. The number of benzene rings is 2. The zero-order valence-corrected chi connectivity index (χ0v) is 15.7. The van der Waals surface area contributed by atoms with Gasteiger partial charge in [-0.25, -0.2) is 0 Å². The predicted octanol–water partition coefficient (Wildman–Crippen LogP) is 3.68. The van der Waals surface area contributed by atoms with Gasteiger partial charge in [0.25, 0.3) is 0 Å².